The molecule has 4 heteroatoms. The molecule has 0 fully saturated rings. The number of anilines is 1. The van der Waals surface area contributed by atoms with Crippen molar-refractivity contribution < 1.29 is 0 Å². The second-order valence-corrected chi connectivity index (χ2v) is 5.26. The number of hydrogen-bond donors (Lipinski definition) is 1. The molecular weight excluding hydrogens is 250 g/mol. The van der Waals surface area contributed by atoms with Gasteiger partial charge >= 0.3 is 0 Å². The van der Waals surface area contributed by atoms with Gasteiger partial charge in [0.1, 0.15) is 0 Å². The van der Waals surface area contributed by atoms with Crippen LogP contribution >= 0.6 is 0 Å². The third-order valence-corrected chi connectivity index (χ3v) is 3.81. The van der Waals surface area contributed by atoms with Crippen molar-refractivity contribution in [2.75, 3.05) is 5.32 Å². The largest absolute Gasteiger partial charge is 0.380 e. The predicted octanol–water partition coefficient (Wildman–Crippen LogP) is 2.83. The summed E-state index contributed by atoms with van der Waals surface area (Å²) in [5, 5.41) is 3.40. The number of aryl methyl sites for hydroxylation is 2. The summed E-state index contributed by atoms with van der Waals surface area (Å²) < 4.78 is 3.94. The fourth-order valence-electron chi connectivity index (χ4n) is 2.36. The summed E-state index contributed by atoms with van der Waals surface area (Å²) in [4.78, 5) is 11.7. The van der Waals surface area contributed by atoms with Crippen molar-refractivity contribution in [3.8, 4) is 0 Å². The number of hydrogen-bond acceptors (Lipinski definition) is 2. The Bertz CT molecular complexity index is 652. The highest BCUT2D eigenvalue weighted by Gasteiger charge is 2.06. The molecule has 0 spiro atoms. The zero-order valence-electron chi connectivity index (χ0n) is 12.7. The minimum atomic E-state index is 0.0594. The molecule has 0 saturated heterocycles. The highest BCUT2D eigenvalue weighted by Crippen LogP contribution is 2.15. The minimum absolute atomic E-state index is 0.0594. The lowest BCUT2D eigenvalue weighted by Crippen LogP contribution is -2.18. The van der Waals surface area contributed by atoms with E-state index in [9.17, 15) is 4.79 Å². The Kier molecular flexibility index (Phi) is 4.32. The standard InChI is InChI=1S/C16H23N3O/c1-5-8-19-11-15(6-7-16(19)20)17-10-14-9-12(2)18(4)13(14)3/h6-7,9,11,17H,5,8,10H2,1-4H3. The van der Waals surface area contributed by atoms with Gasteiger partial charge in [0.05, 0.1) is 5.69 Å². The van der Waals surface area contributed by atoms with Crippen molar-refractivity contribution in [2.45, 2.75) is 40.3 Å². The molecule has 2 rings (SSSR count). The summed E-state index contributed by atoms with van der Waals surface area (Å²) in [6.07, 6.45) is 2.86. The molecule has 0 radical (unpaired) electrons. The van der Waals surface area contributed by atoms with Crippen molar-refractivity contribution >= 4 is 5.69 Å². The van der Waals surface area contributed by atoms with E-state index in [1.165, 1.54) is 17.0 Å². The van der Waals surface area contributed by atoms with E-state index in [4.69, 9.17) is 0 Å². The maximum atomic E-state index is 11.7. The van der Waals surface area contributed by atoms with Gasteiger partial charge in [-0.15, -0.1) is 0 Å². The molecule has 0 saturated carbocycles. The van der Waals surface area contributed by atoms with Crippen LogP contribution in [0.2, 0.25) is 0 Å². The van der Waals surface area contributed by atoms with Gasteiger partial charge in [0, 0.05) is 43.8 Å². The molecule has 0 aliphatic carbocycles. The molecule has 2 aromatic heterocycles. The lowest BCUT2D eigenvalue weighted by molar-refractivity contribution is 0.655. The Morgan fingerprint density at radius 3 is 2.60 bits per heavy atom. The van der Waals surface area contributed by atoms with Crippen LogP contribution in [-0.2, 0) is 20.1 Å². The first-order chi connectivity index (χ1) is 9.52. The van der Waals surface area contributed by atoms with E-state index in [2.05, 4.69) is 43.8 Å². The summed E-state index contributed by atoms with van der Waals surface area (Å²) in [6, 6.07) is 5.67. The van der Waals surface area contributed by atoms with Crippen LogP contribution < -0.4 is 10.9 Å². The Morgan fingerprint density at radius 1 is 1.25 bits per heavy atom. The van der Waals surface area contributed by atoms with E-state index in [0.29, 0.717) is 0 Å². The third-order valence-electron chi connectivity index (χ3n) is 3.81. The quantitative estimate of drug-likeness (QED) is 0.910. The minimum Gasteiger partial charge on any atom is -0.380 e. The van der Waals surface area contributed by atoms with Crippen molar-refractivity contribution in [3.05, 3.63) is 51.7 Å². The molecule has 0 bridgehead atoms. The smallest absolute Gasteiger partial charge is 0.250 e. The maximum Gasteiger partial charge on any atom is 0.250 e. The van der Waals surface area contributed by atoms with Crippen molar-refractivity contribution in [1.82, 2.24) is 9.13 Å². The lowest BCUT2D eigenvalue weighted by atomic mass is 10.2. The van der Waals surface area contributed by atoms with Gasteiger partial charge in [-0.25, -0.2) is 0 Å². The number of nitrogens with zero attached hydrogens (tertiary/aromatic N) is 2. The van der Waals surface area contributed by atoms with E-state index >= 15 is 0 Å². The average molecular weight is 273 g/mol. The van der Waals surface area contributed by atoms with Gasteiger partial charge in [-0.1, -0.05) is 6.92 Å². The van der Waals surface area contributed by atoms with E-state index in [1.807, 2.05) is 12.3 Å². The number of aromatic nitrogens is 2. The number of pyridine rings is 1. The molecule has 20 heavy (non-hydrogen) atoms. The molecule has 4 nitrogen and oxygen atoms in total. The van der Waals surface area contributed by atoms with Crippen LogP contribution in [0.4, 0.5) is 5.69 Å². The van der Waals surface area contributed by atoms with Crippen LogP contribution in [0, 0.1) is 13.8 Å². The van der Waals surface area contributed by atoms with Crippen LogP contribution in [0.1, 0.15) is 30.3 Å². The molecule has 108 valence electrons. The SMILES string of the molecule is CCCn1cc(NCc2cc(C)n(C)c2C)ccc1=O. The van der Waals surface area contributed by atoms with Crippen LogP contribution in [0.25, 0.3) is 0 Å². The van der Waals surface area contributed by atoms with Crippen molar-refractivity contribution in [1.29, 1.82) is 0 Å². The third kappa shape index (κ3) is 2.95. The van der Waals surface area contributed by atoms with Gasteiger partial charge in [-0.3, -0.25) is 4.79 Å². The molecule has 0 atom stereocenters. The lowest BCUT2D eigenvalue weighted by Gasteiger charge is -2.10. The Labute approximate surface area is 120 Å². The van der Waals surface area contributed by atoms with Crippen molar-refractivity contribution in [3.63, 3.8) is 0 Å². The fraction of sp³-hybridized carbons (Fsp3) is 0.438. The Balaban J connectivity index is 2.12. The van der Waals surface area contributed by atoms with E-state index < -0.39 is 0 Å². The normalized spacial score (nSPS) is 10.8. The molecule has 1 N–H and O–H groups in total. The van der Waals surface area contributed by atoms with Crippen LogP contribution in [0.3, 0.4) is 0 Å². The molecule has 0 amide bonds. The molecular formula is C16H23N3O. The van der Waals surface area contributed by atoms with Gasteiger partial charge < -0.3 is 14.5 Å². The molecule has 0 aliphatic rings. The maximum absolute atomic E-state index is 11.7. The zero-order chi connectivity index (χ0) is 14.7. The second-order valence-electron chi connectivity index (χ2n) is 5.26. The van der Waals surface area contributed by atoms with Crippen molar-refractivity contribution in [2.24, 2.45) is 7.05 Å². The molecule has 0 aromatic carbocycles. The molecule has 2 heterocycles. The van der Waals surface area contributed by atoms with Crippen LogP contribution in [0.5, 0.6) is 0 Å². The van der Waals surface area contributed by atoms with Gasteiger partial charge in [0.15, 0.2) is 0 Å². The van der Waals surface area contributed by atoms with E-state index in [-0.39, 0.29) is 5.56 Å². The van der Waals surface area contributed by atoms with Gasteiger partial charge in [-0.2, -0.15) is 0 Å². The van der Waals surface area contributed by atoms with Gasteiger partial charge in [0.25, 0.3) is 5.56 Å². The average Bonchev–Trinajstić information content (AvgIpc) is 2.67. The number of nitrogens with one attached hydrogen (secondary N) is 1. The first kappa shape index (κ1) is 14.4. The topological polar surface area (TPSA) is 39.0 Å². The predicted molar refractivity (Wildman–Crippen MR) is 83.2 cm³/mol. The Morgan fingerprint density at radius 2 is 2.00 bits per heavy atom. The summed E-state index contributed by atoms with van der Waals surface area (Å²) in [7, 11) is 2.08. The van der Waals surface area contributed by atoms with E-state index in [0.717, 1.165) is 25.2 Å². The molecule has 2 aromatic rings. The molecule has 0 unspecified atom stereocenters. The monoisotopic (exact) mass is 273 g/mol. The van der Waals surface area contributed by atoms with E-state index in [1.54, 1.807) is 10.6 Å². The molecule has 0 aliphatic heterocycles. The summed E-state index contributed by atoms with van der Waals surface area (Å²) in [5.74, 6) is 0. The van der Waals surface area contributed by atoms with Crippen LogP contribution in [0.15, 0.2) is 29.2 Å². The van der Waals surface area contributed by atoms with Crippen LogP contribution in [-0.4, -0.2) is 9.13 Å². The first-order valence-electron chi connectivity index (χ1n) is 7.09. The highest BCUT2D eigenvalue weighted by atomic mass is 16.1. The van der Waals surface area contributed by atoms with Gasteiger partial charge in [0.2, 0.25) is 0 Å². The zero-order valence-corrected chi connectivity index (χ0v) is 12.7. The Hall–Kier alpha value is -1.97. The summed E-state index contributed by atoms with van der Waals surface area (Å²) in [6.45, 7) is 7.85. The summed E-state index contributed by atoms with van der Waals surface area (Å²) >= 11 is 0. The highest BCUT2D eigenvalue weighted by molar-refractivity contribution is 5.42. The fourth-order valence-corrected chi connectivity index (χ4v) is 2.36. The van der Waals surface area contributed by atoms with Gasteiger partial charge in [-0.05, 0) is 38.0 Å². The number of rotatable bonds is 5. The first-order valence-corrected chi connectivity index (χ1v) is 7.09. The summed E-state index contributed by atoms with van der Waals surface area (Å²) in [5.41, 5.74) is 4.87. The second kappa shape index (κ2) is 5.99.